The summed E-state index contributed by atoms with van der Waals surface area (Å²) >= 11 is 0. The monoisotopic (exact) mass is 265 g/mol. The van der Waals surface area contributed by atoms with Gasteiger partial charge in [0.2, 0.25) is 0 Å². The van der Waals surface area contributed by atoms with Crippen LogP contribution in [0.4, 0.5) is 4.39 Å². The molecule has 1 aliphatic heterocycles. The van der Waals surface area contributed by atoms with E-state index in [1.54, 1.807) is 0 Å². The number of benzene rings is 1. The van der Waals surface area contributed by atoms with Crippen LogP contribution in [0, 0.1) is 18.7 Å². The summed E-state index contributed by atoms with van der Waals surface area (Å²) in [7, 11) is 0. The molecule has 3 heteroatoms. The Balaban J connectivity index is 2.22. The molecule has 1 fully saturated rings. The van der Waals surface area contributed by atoms with E-state index in [1.165, 1.54) is 0 Å². The molecule has 1 unspecified atom stereocenters. The summed E-state index contributed by atoms with van der Waals surface area (Å²) in [6, 6.07) is 5.82. The lowest BCUT2D eigenvalue weighted by atomic mass is 9.86. The minimum Gasteiger partial charge on any atom is -0.381 e. The Bertz CT molecular complexity index is 402. The molecular weight excluding hydrogens is 241 g/mol. The summed E-state index contributed by atoms with van der Waals surface area (Å²) in [5.74, 6) is 0.416. The van der Waals surface area contributed by atoms with Gasteiger partial charge in [0.25, 0.3) is 0 Å². The first-order chi connectivity index (χ1) is 9.24. The van der Waals surface area contributed by atoms with Gasteiger partial charge < -0.3 is 10.1 Å². The zero-order valence-corrected chi connectivity index (χ0v) is 11.9. The van der Waals surface area contributed by atoms with E-state index in [4.69, 9.17) is 4.74 Å². The number of rotatable bonds is 5. The highest BCUT2D eigenvalue weighted by atomic mass is 19.1. The number of ether oxygens (including phenoxy) is 1. The van der Waals surface area contributed by atoms with Gasteiger partial charge in [-0.2, -0.15) is 0 Å². The van der Waals surface area contributed by atoms with Crippen molar-refractivity contribution in [2.45, 2.75) is 39.2 Å². The van der Waals surface area contributed by atoms with Crippen LogP contribution in [0.5, 0.6) is 0 Å². The molecule has 1 aromatic rings. The van der Waals surface area contributed by atoms with Crippen molar-refractivity contribution >= 4 is 0 Å². The van der Waals surface area contributed by atoms with E-state index in [-0.39, 0.29) is 11.9 Å². The van der Waals surface area contributed by atoms with Gasteiger partial charge in [-0.1, -0.05) is 25.1 Å². The standard InChI is InChI=1S/C16H24FNO/c1-3-9-18-16(13-7-10-19-11-8-13)14-6-4-5-12(2)15(14)17/h4-6,13,16,18H,3,7-11H2,1-2H3. The van der Waals surface area contributed by atoms with Crippen LogP contribution in [-0.2, 0) is 4.74 Å². The van der Waals surface area contributed by atoms with Gasteiger partial charge in [-0.3, -0.25) is 0 Å². The quantitative estimate of drug-likeness (QED) is 0.878. The highest BCUT2D eigenvalue weighted by Crippen LogP contribution is 2.32. The summed E-state index contributed by atoms with van der Waals surface area (Å²) in [6.45, 7) is 6.49. The molecule has 2 rings (SSSR count). The van der Waals surface area contributed by atoms with E-state index in [9.17, 15) is 4.39 Å². The molecule has 1 saturated heterocycles. The van der Waals surface area contributed by atoms with Gasteiger partial charge in [0.05, 0.1) is 0 Å². The summed E-state index contributed by atoms with van der Waals surface area (Å²) in [6.07, 6.45) is 3.08. The third-order valence-corrected chi connectivity index (χ3v) is 3.91. The zero-order chi connectivity index (χ0) is 13.7. The molecule has 1 heterocycles. The van der Waals surface area contributed by atoms with Gasteiger partial charge in [-0.05, 0) is 44.2 Å². The molecule has 106 valence electrons. The largest absolute Gasteiger partial charge is 0.381 e. The maximum atomic E-state index is 14.4. The van der Waals surface area contributed by atoms with E-state index in [2.05, 4.69) is 12.2 Å². The predicted molar refractivity (Wildman–Crippen MR) is 75.7 cm³/mol. The van der Waals surface area contributed by atoms with Crippen molar-refractivity contribution < 1.29 is 9.13 Å². The molecule has 1 aliphatic rings. The van der Waals surface area contributed by atoms with Gasteiger partial charge in [0.1, 0.15) is 5.82 Å². The van der Waals surface area contributed by atoms with E-state index in [0.29, 0.717) is 5.92 Å². The zero-order valence-electron chi connectivity index (χ0n) is 11.9. The number of halogens is 1. The van der Waals surface area contributed by atoms with E-state index >= 15 is 0 Å². The van der Waals surface area contributed by atoms with Crippen LogP contribution in [0.25, 0.3) is 0 Å². The molecular formula is C16H24FNO. The molecule has 1 aromatic carbocycles. The second-order valence-corrected chi connectivity index (χ2v) is 5.36. The topological polar surface area (TPSA) is 21.3 Å². The molecule has 0 saturated carbocycles. The van der Waals surface area contributed by atoms with Gasteiger partial charge >= 0.3 is 0 Å². The van der Waals surface area contributed by atoms with Crippen LogP contribution in [0.15, 0.2) is 18.2 Å². The Morgan fingerprint density at radius 1 is 1.37 bits per heavy atom. The third kappa shape index (κ3) is 3.54. The van der Waals surface area contributed by atoms with Crippen molar-refractivity contribution in [2.24, 2.45) is 5.92 Å². The molecule has 0 spiro atoms. The molecule has 1 N–H and O–H groups in total. The SMILES string of the molecule is CCCNC(c1cccc(C)c1F)C1CCOCC1. The van der Waals surface area contributed by atoms with Crippen LogP contribution in [0.1, 0.15) is 43.4 Å². The summed E-state index contributed by atoms with van der Waals surface area (Å²) in [5, 5.41) is 3.53. The summed E-state index contributed by atoms with van der Waals surface area (Å²) in [5.41, 5.74) is 1.55. The Labute approximate surface area is 115 Å². The van der Waals surface area contributed by atoms with Gasteiger partial charge in [0, 0.05) is 24.8 Å². The maximum Gasteiger partial charge on any atom is 0.130 e. The third-order valence-electron chi connectivity index (χ3n) is 3.91. The van der Waals surface area contributed by atoms with Crippen molar-refractivity contribution in [3.05, 3.63) is 35.1 Å². The van der Waals surface area contributed by atoms with Crippen LogP contribution in [0.2, 0.25) is 0 Å². The number of hydrogen-bond donors (Lipinski definition) is 1. The Morgan fingerprint density at radius 3 is 2.79 bits per heavy atom. The van der Waals surface area contributed by atoms with Crippen LogP contribution in [0.3, 0.4) is 0 Å². The second kappa shape index (κ2) is 7.01. The fraction of sp³-hybridized carbons (Fsp3) is 0.625. The lowest BCUT2D eigenvalue weighted by Gasteiger charge is -2.32. The predicted octanol–water partition coefficient (Wildman–Crippen LogP) is 3.60. The van der Waals surface area contributed by atoms with E-state index in [0.717, 1.165) is 50.1 Å². The first kappa shape index (κ1) is 14.5. The molecule has 0 aliphatic carbocycles. The van der Waals surface area contributed by atoms with Crippen LogP contribution >= 0.6 is 0 Å². The summed E-state index contributed by atoms with van der Waals surface area (Å²) in [4.78, 5) is 0. The Kier molecular flexibility index (Phi) is 5.34. The molecule has 0 aromatic heterocycles. The van der Waals surface area contributed by atoms with Crippen molar-refractivity contribution in [2.75, 3.05) is 19.8 Å². The van der Waals surface area contributed by atoms with Crippen molar-refractivity contribution in [1.82, 2.24) is 5.32 Å². The fourth-order valence-electron chi connectivity index (χ4n) is 2.79. The number of nitrogens with one attached hydrogen (secondary N) is 1. The number of hydrogen-bond acceptors (Lipinski definition) is 2. The van der Waals surface area contributed by atoms with Gasteiger partial charge in [-0.25, -0.2) is 4.39 Å². The molecule has 19 heavy (non-hydrogen) atoms. The molecule has 0 amide bonds. The van der Waals surface area contributed by atoms with Crippen LogP contribution < -0.4 is 5.32 Å². The minimum absolute atomic E-state index is 0.0532. The highest BCUT2D eigenvalue weighted by molar-refractivity contribution is 5.28. The van der Waals surface area contributed by atoms with E-state index in [1.807, 2.05) is 25.1 Å². The highest BCUT2D eigenvalue weighted by Gasteiger charge is 2.27. The van der Waals surface area contributed by atoms with E-state index < -0.39 is 0 Å². The van der Waals surface area contributed by atoms with Gasteiger partial charge in [-0.15, -0.1) is 0 Å². The Hall–Kier alpha value is -0.930. The van der Waals surface area contributed by atoms with Gasteiger partial charge in [0.15, 0.2) is 0 Å². The van der Waals surface area contributed by atoms with Crippen LogP contribution in [-0.4, -0.2) is 19.8 Å². The smallest absolute Gasteiger partial charge is 0.130 e. The maximum absolute atomic E-state index is 14.4. The second-order valence-electron chi connectivity index (χ2n) is 5.36. The van der Waals surface area contributed by atoms with Crippen molar-refractivity contribution in [3.8, 4) is 0 Å². The minimum atomic E-state index is -0.0532. The fourth-order valence-corrected chi connectivity index (χ4v) is 2.79. The average molecular weight is 265 g/mol. The summed E-state index contributed by atoms with van der Waals surface area (Å²) < 4.78 is 19.8. The lowest BCUT2D eigenvalue weighted by molar-refractivity contribution is 0.0531. The molecule has 0 radical (unpaired) electrons. The molecule has 2 nitrogen and oxygen atoms in total. The first-order valence-electron chi connectivity index (χ1n) is 7.30. The Morgan fingerprint density at radius 2 is 2.11 bits per heavy atom. The molecule has 1 atom stereocenters. The normalized spacial score (nSPS) is 18.5. The average Bonchev–Trinajstić information content (AvgIpc) is 2.45. The molecule has 0 bridgehead atoms. The lowest BCUT2D eigenvalue weighted by Crippen LogP contribution is -2.33. The van der Waals surface area contributed by atoms with Crippen molar-refractivity contribution in [3.63, 3.8) is 0 Å². The first-order valence-corrected chi connectivity index (χ1v) is 7.30. The number of aryl methyl sites for hydroxylation is 1. The van der Waals surface area contributed by atoms with Crippen molar-refractivity contribution in [1.29, 1.82) is 0 Å².